The van der Waals surface area contributed by atoms with Gasteiger partial charge in [-0.25, -0.2) is 0 Å². The van der Waals surface area contributed by atoms with E-state index in [4.69, 9.17) is 9.47 Å². The Morgan fingerprint density at radius 3 is 2.55 bits per heavy atom. The summed E-state index contributed by atoms with van der Waals surface area (Å²) in [4.78, 5) is 24.4. The van der Waals surface area contributed by atoms with Crippen molar-refractivity contribution in [1.82, 2.24) is 10.6 Å². The maximum Gasteiger partial charge on any atom is 0.573 e. The average molecular weight is 438 g/mol. The van der Waals surface area contributed by atoms with Crippen molar-refractivity contribution in [3.8, 4) is 23.0 Å². The number of hydrogen-bond acceptors (Lipinski definition) is 5. The van der Waals surface area contributed by atoms with E-state index in [9.17, 15) is 22.8 Å². The molecule has 1 unspecified atom stereocenters. The summed E-state index contributed by atoms with van der Waals surface area (Å²) in [6.07, 6.45) is -4.34. The first kappa shape index (κ1) is 22.3. The number of methoxy groups -OCH3 is 1. The summed E-state index contributed by atoms with van der Waals surface area (Å²) < 4.78 is 53.0. The minimum absolute atomic E-state index is 0.00874. The molecule has 1 aliphatic heterocycles. The van der Waals surface area contributed by atoms with Gasteiger partial charge < -0.3 is 24.8 Å². The molecule has 2 aromatic carbocycles. The van der Waals surface area contributed by atoms with Crippen molar-refractivity contribution in [3.63, 3.8) is 0 Å². The second-order valence-corrected chi connectivity index (χ2v) is 6.98. The molecule has 2 aromatic rings. The molecule has 2 amide bonds. The van der Waals surface area contributed by atoms with E-state index in [1.54, 1.807) is 18.2 Å². The van der Waals surface area contributed by atoms with Crippen LogP contribution in [0.4, 0.5) is 13.2 Å². The number of nitrogens with one attached hydrogen (secondary N) is 2. The number of aryl methyl sites for hydroxylation is 1. The fourth-order valence-electron chi connectivity index (χ4n) is 3.12. The molecule has 0 aliphatic carbocycles. The molecule has 0 aromatic heterocycles. The quantitative estimate of drug-likeness (QED) is 0.718. The Bertz CT molecular complexity index is 978. The van der Waals surface area contributed by atoms with Crippen LogP contribution in [0.2, 0.25) is 0 Å². The third-order valence-electron chi connectivity index (χ3n) is 4.55. The van der Waals surface area contributed by atoms with Crippen molar-refractivity contribution in [2.24, 2.45) is 0 Å². The molecule has 1 atom stereocenters. The lowest BCUT2D eigenvalue weighted by Crippen LogP contribution is -2.45. The molecular weight excluding hydrogens is 417 g/mol. The summed E-state index contributed by atoms with van der Waals surface area (Å²) in [5, 5.41) is 5.32. The molecule has 7 nitrogen and oxygen atoms in total. The summed E-state index contributed by atoms with van der Waals surface area (Å²) in [5.74, 6) is -0.786. The van der Waals surface area contributed by atoms with Crippen LogP contribution in [-0.4, -0.2) is 37.9 Å². The van der Waals surface area contributed by atoms with Gasteiger partial charge in [-0.1, -0.05) is 6.07 Å². The van der Waals surface area contributed by atoms with Crippen molar-refractivity contribution in [3.05, 3.63) is 47.5 Å². The van der Waals surface area contributed by atoms with Crippen LogP contribution in [0.15, 0.2) is 36.4 Å². The number of ether oxygens (including phenoxy) is 3. The van der Waals surface area contributed by atoms with Gasteiger partial charge in [-0.05, 0) is 49.2 Å². The SMILES string of the molecule is COc1cc(C)ccc1Oc1ccc(OC(F)(F)F)cc1C(=O)NC1CCNC(=O)C1. The third kappa shape index (κ3) is 6.03. The Morgan fingerprint density at radius 2 is 1.87 bits per heavy atom. The van der Waals surface area contributed by atoms with Crippen LogP contribution in [0.5, 0.6) is 23.0 Å². The number of carbonyl (C=O) groups excluding carboxylic acids is 2. The molecule has 0 saturated carbocycles. The number of hydrogen-bond donors (Lipinski definition) is 2. The Balaban J connectivity index is 1.92. The number of alkyl halides is 3. The number of rotatable bonds is 6. The van der Waals surface area contributed by atoms with Crippen LogP contribution in [0.25, 0.3) is 0 Å². The number of carbonyl (C=O) groups is 2. The molecule has 1 aliphatic rings. The maximum absolute atomic E-state index is 12.9. The van der Waals surface area contributed by atoms with E-state index in [1.807, 2.05) is 6.92 Å². The highest BCUT2D eigenvalue weighted by Crippen LogP contribution is 2.36. The Labute approximate surface area is 176 Å². The molecule has 31 heavy (non-hydrogen) atoms. The topological polar surface area (TPSA) is 85.9 Å². The molecule has 0 spiro atoms. The second-order valence-electron chi connectivity index (χ2n) is 6.98. The zero-order valence-corrected chi connectivity index (χ0v) is 16.8. The predicted octanol–water partition coefficient (Wildman–Crippen LogP) is 3.70. The van der Waals surface area contributed by atoms with Crippen molar-refractivity contribution in [2.45, 2.75) is 32.2 Å². The lowest BCUT2D eigenvalue weighted by molar-refractivity contribution is -0.274. The van der Waals surface area contributed by atoms with Gasteiger partial charge >= 0.3 is 6.36 Å². The van der Waals surface area contributed by atoms with Gasteiger partial charge in [0.15, 0.2) is 11.5 Å². The van der Waals surface area contributed by atoms with Gasteiger partial charge in [0.05, 0.1) is 12.7 Å². The Morgan fingerprint density at radius 1 is 1.13 bits per heavy atom. The monoisotopic (exact) mass is 438 g/mol. The largest absolute Gasteiger partial charge is 0.573 e. The fourth-order valence-corrected chi connectivity index (χ4v) is 3.12. The zero-order valence-electron chi connectivity index (χ0n) is 16.8. The van der Waals surface area contributed by atoms with Gasteiger partial charge in [-0.3, -0.25) is 9.59 Å². The lowest BCUT2D eigenvalue weighted by Gasteiger charge is -2.24. The summed E-state index contributed by atoms with van der Waals surface area (Å²) in [7, 11) is 1.45. The molecule has 10 heteroatoms. The van der Waals surface area contributed by atoms with E-state index in [-0.39, 0.29) is 29.4 Å². The molecule has 166 valence electrons. The lowest BCUT2D eigenvalue weighted by atomic mass is 10.0. The molecule has 2 N–H and O–H groups in total. The first-order valence-electron chi connectivity index (χ1n) is 9.44. The summed E-state index contributed by atoms with van der Waals surface area (Å²) >= 11 is 0. The van der Waals surface area contributed by atoms with E-state index in [0.29, 0.717) is 18.7 Å². The van der Waals surface area contributed by atoms with Crippen LogP contribution in [-0.2, 0) is 4.79 Å². The molecule has 1 saturated heterocycles. The van der Waals surface area contributed by atoms with Gasteiger partial charge in [-0.2, -0.15) is 0 Å². The standard InChI is InChI=1S/C21H21F3N2O5/c1-12-3-5-17(18(9-12)29-2)30-16-6-4-14(31-21(22,23)24)11-15(16)20(28)26-13-7-8-25-19(27)10-13/h3-6,9,11,13H,7-8,10H2,1-2H3,(H,25,27)(H,26,28). The number of piperidine rings is 1. The van der Waals surface area contributed by atoms with Gasteiger partial charge in [0, 0.05) is 19.0 Å². The van der Waals surface area contributed by atoms with Crippen LogP contribution < -0.4 is 24.8 Å². The number of benzene rings is 2. The average Bonchev–Trinajstić information content (AvgIpc) is 2.69. The van der Waals surface area contributed by atoms with E-state index in [0.717, 1.165) is 17.7 Å². The predicted molar refractivity (Wildman–Crippen MR) is 104 cm³/mol. The Hall–Kier alpha value is -3.43. The number of halogens is 3. The smallest absolute Gasteiger partial charge is 0.493 e. The molecule has 3 rings (SSSR count). The van der Waals surface area contributed by atoms with Crippen LogP contribution in [0.1, 0.15) is 28.8 Å². The molecular formula is C21H21F3N2O5. The maximum atomic E-state index is 12.9. The van der Waals surface area contributed by atoms with Crippen molar-refractivity contribution < 1.29 is 37.0 Å². The fraction of sp³-hybridized carbons (Fsp3) is 0.333. The van der Waals surface area contributed by atoms with Gasteiger partial charge in [0.1, 0.15) is 11.5 Å². The van der Waals surface area contributed by atoms with Gasteiger partial charge in [0.25, 0.3) is 5.91 Å². The summed E-state index contributed by atoms with van der Waals surface area (Å²) in [5.41, 5.74) is 0.738. The van der Waals surface area contributed by atoms with Crippen LogP contribution in [0, 0.1) is 6.92 Å². The first-order valence-corrected chi connectivity index (χ1v) is 9.44. The van der Waals surface area contributed by atoms with Crippen LogP contribution >= 0.6 is 0 Å². The van der Waals surface area contributed by atoms with Crippen LogP contribution in [0.3, 0.4) is 0 Å². The van der Waals surface area contributed by atoms with E-state index >= 15 is 0 Å². The van der Waals surface area contributed by atoms with Crippen molar-refractivity contribution in [1.29, 1.82) is 0 Å². The minimum Gasteiger partial charge on any atom is -0.493 e. The van der Waals surface area contributed by atoms with Crippen molar-refractivity contribution in [2.75, 3.05) is 13.7 Å². The number of amides is 2. The molecule has 0 radical (unpaired) electrons. The van der Waals surface area contributed by atoms with Gasteiger partial charge in [0.2, 0.25) is 5.91 Å². The zero-order chi connectivity index (χ0) is 22.6. The van der Waals surface area contributed by atoms with E-state index in [1.165, 1.54) is 13.2 Å². The normalized spacial score (nSPS) is 16.3. The van der Waals surface area contributed by atoms with Gasteiger partial charge in [-0.15, -0.1) is 13.2 Å². The second kappa shape index (κ2) is 9.15. The highest BCUT2D eigenvalue weighted by molar-refractivity contribution is 5.98. The molecule has 1 fully saturated rings. The summed E-state index contributed by atoms with van der Waals surface area (Å²) in [6.45, 7) is 2.25. The molecule has 0 bridgehead atoms. The minimum atomic E-state index is -4.92. The summed E-state index contributed by atoms with van der Waals surface area (Å²) in [6, 6.07) is 7.87. The highest BCUT2D eigenvalue weighted by atomic mass is 19.4. The highest BCUT2D eigenvalue weighted by Gasteiger charge is 2.32. The van der Waals surface area contributed by atoms with E-state index < -0.39 is 24.1 Å². The first-order chi connectivity index (χ1) is 14.6. The third-order valence-corrected chi connectivity index (χ3v) is 4.55. The van der Waals surface area contributed by atoms with Crippen molar-refractivity contribution >= 4 is 11.8 Å². The van der Waals surface area contributed by atoms with E-state index in [2.05, 4.69) is 15.4 Å². The molecule has 1 heterocycles. The Kier molecular flexibility index (Phi) is 6.57.